The van der Waals surface area contributed by atoms with Crippen LogP contribution in [0.25, 0.3) is 0 Å². The molecule has 0 amide bonds. The Labute approximate surface area is 97.9 Å². The minimum Gasteiger partial charge on any atom is -0.316 e. The molecule has 86 valence electrons. The number of terminal acetylenes is 1. The minimum absolute atomic E-state index is 0.677. The molecule has 0 spiro atoms. The van der Waals surface area contributed by atoms with E-state index in [1.54, 1.807) is 0 Å². The highest BCUT2D eigenvalue weighted by molar-refractivity contribution is 5.14. The van der Waals surface area contributed by atoms with E-state index in [-0.39, 0.29) is 0 Å². The van der Waals surface area contributed by atoms with E-state index >= 15 is 0 Å². The second-order valence-corrected chi connectivity index (χ2v) is 3.70. The number of nitrogens with zero attached hydrogens (tertiary/aromatic N) is 2. The van der Waals surface area contributed by atoms with Crippen LogP contribution in [0.4, 0.5) is 0 Å². The number of rotatable bonds is 6. The van der Waals surface area contributed by atoms with Gasteiger partial charge < -0.3 is 5.32 Å². The highest BCUT2D eigenvalue weighted by Gasteiger charge is 2.02. The summed E-state index contributed by atoms with van der Waals surface area (Å²) in [6.07, 6.45) is 7.21. The van der Waals surface area contributed by atoms with Crippen LogP contribution in [0.3, 0.4) is 0 Å². The molecule has 1 aromatic heterocycles. The average Bonchev–Trinajstić information content (AvgIpc) is 2.31. The number of hydrogen-bond acceptors (Lipinski definition) is 3. The van der Waals surface area contributed by atoms with Crippen LogP contribution in [0.1, 0.15) is 18.2 Å². The molecule has 0 fully saturated rings. The van der Waals surface area contributed by atoms with Crippen LogP contribution in [0.5, 0.6) is 0 Å². The number of aromatic nitrogens is 1. The molecular formula is C13H19N3. The second-order valence-electron chi connectivity index (χ2n) is 3.70. The molecule has 0 aromatic carbocycles. The summed E-state index contributed by atoms with van der Waals surface area (Å²) in [7, 11) is 1.93. The van der Waals surface area contributed by atoms with E-state index in [0.717, 1.165) is 25.3 Å². The fourth-order valence-electron chi connectivity index (χ4n) is 1.50. The van der Waals surface area contributed by atoms with Crippen LogP contribution in [0.15, 0.2) is 18.3 Å². The molecule has 0 atom stereocenters. The first kappa shape index (κ1) is 12.7. The quantitative estimate of drug-likeness (QED) is 0.727. The van der Waals surface area contributed by atoms with Crippen LogP contribution in [-0.2, 0) is 13.1 Å². The van der Waals surface area contributed by atoms with Gasteiger partial charge in [-0.1, -0.05) is 18.9 Å². The zero-order chi connectivity index (χ0) is 11.8. The molecule has 0 aliphatic rings. The van der Waals surface area contributed by atoms with Crippen LogP contribution >= 0.6 is 0 Å². The maximum absolute atomic E-state index is 5.30. The van der Waals surface area contributed by atoms with E-state index in [1.807, 2.05) is 13.2 Å². The first-order chi connectivity index (χ1) is 7.80. The molecule has 1 aromatic rings. The number of pyridine rings is 1. The molecule has 3 heteroatoms. The van der Waals surface area contributed by atoms with Crippen molar-refractivity contribution in [1.82, 2.24) is 15.2 Å². The largest absolute Gasteiger partial charge is 0.316 e. The van der Waals surface area contributed by atoms with Crippen LogP contribution < -0.4 is 5.32 Å². The fraction of sp³-hybridized carbons (Fsp3) is 0.462. The van der Waals surface area contributed by atoms with Gasteiger partial charge in [-0.25, -0.2) is 0 Å². The van der Waals surface area contributed by atoms with Gasteiger partial charge in [0.25, 0.3) is 0 Å². The molecule has 1 N–H and O–H groups in total. The maximum atomic E-state index is 5.30. The Hall–Kier alpha value is -1.37. The summed E-state index contributed by atoms with van der Waals surface area (Å²) in [6.45, 7) is 5.41. The summed E-state index contributed by atoms with van der Waals surface area (Å²) >= 11 is 0. The van der Waals surface area contributed by atoms with E-state index < -0.39 is 0 Å². The molecule has 0 bridgehead atoms. The number of nitrogens with one attached hydrogen (secondary N) is 1. The molecule has 1 heterocycles. The Balaban J connectivity index is 2.57. The smallest absolute Gasteiger partial charge is 0.0602 e. The van der Waals surface area contributed by atoms with Crippen molar-refractivity contribution >= 4 is 0 Å². The van der Waals surface area contributed by atoms with Gasteiger partial charge in [0.1, 0.15) is 0 Å². The molecule has 0 aliphatic carbocycles. The van der Waals surface area contributed by atoms with Gasteiger partial charge in [0, 0.05) is 19.3 Å². The topological polar surface area (TPSA) is 28.2 Å². The molecule has 16 heavy (non-hydrogen) atoms. The molecule has 0 saturated carbocycles. The first-order valence-electron chi connectivity index (χ1n) is 5.54. The van der Waals surface area contributed by atoms with Gasteiger partial charge >= 0.3 is 0 Å². The highest BCUT2D eigenvalue weighted by atomic mass is 15.1. The van der Waals surface area contributed by atoms with E-state index in [0.29, 0.717) is 6.54 Å². The summed E-state index contributed by atoms with van der Waals surface area (Å²) in [5, 5.41) is 3.10. The SMILES string of the molecule is C#CCN(CC)Cc1ccc(CNC)cn1. The molecule has 3 nitrogen and oxygen atoms in total. The third-order valence-corrected chi connectivity index (χ3v) is 2.41. The van der Waals surface area contributed by atoms with E-state index in [2.05, 4.69) is 40.2 Å². The lowest BCUT2D eigenvalue weighted by molar-refractivity contribution is 0.312. The minimum atomic E-state index is 0.677. The number of hydrogen-bond donors (Lipinski definition) is 1. The van der Waals surface area contributed by atoms with Gasteiger partial charge in [0.15, 0.2) is 0 Å². The predicted octanol–water partition coefficient (Wildman–Crippen LogP) is 1.26. The normalized spacial score (nSPS) is 10.4. The third-order valence-electron chi connectivity index (χ3n) is 2.41. The highest BCUT2D eigenvalue weighted by Crippen LogP contribution is 2.03. The Kier molecular flexibility index (Phi) is 5.55. The van der Waals surface area contributed by atoms with E-state index in [4.69, 9.17) is 6.42 Å². The summed E-state index contributed by atoms with van der Waals surface area (Å²) < 4.78 is 0. The fourth-order valence-corrected chi connectivity index (χ4v) is 1.50. The molecule has 1 rings (SSSR count). The molecular weight excluding hydrogens is 198 g/mol. The van der Waals surface area contributed by atoms with Crippen molar-refractivity contribution in [2.45, 2.75) is 20.0 Å². The van der Waals surface area contributed by atoms with Gasteiger partial charge in [-0.15, -0.1) is 6.42 Å². The van der Waals surface area contributed by atoms with Crippen molar-refractivity contribution in [3.05, 3.63) is 29.6 Å². The predicted molar refractivity (Wildman–Crippen MR) is 66.8 cm³/mol. The molecule has 0 radical (unpaired) electrons. The molecule has 0 unspecified atom stereocenters. The molecule has 0 aliphatic heterocycles. The zero-order valence-electron chi connectivity index (χ0n) is 10.0. The lowest BCUT2D eigenvalue weighted by atomic mass is 10.2. The zero-order valence-corrected chi connectivity index (χ0v) is 10.0. The lowest BCUT2D eigenvalue weighted by Crippen LogP contribution is -2.23. The van der Waals surface area contributed by atoms with E-state index in [9.17, 15) is 0 Å². The monoisotopic (exact) mass is 217 g/mol. The van der Waals surface area contributed by atoms with E-state index in [1.165, 1.54) is 5.56 Å². The standard InChI is InChI=1S/C13H19N3/c1-4-8-16(5-2)11-13-7-6-12(9-14-3)10-15-13/h1,6-7,10,14H,5,8-9,11H2,2-3H3. The van der Waals surface area contributed by atoms with Crippen LogP contribution in [0, 0.1) is 12.3 Å². The second kappa shape index (κ2) is 7.00. The summed E-state index contributed by atoms with van der Waals surface area (Å²) in [4.78, 5) is 6.60. The van der Waals surface area contributed by atoms with Gasteiger partial charge in [0.2, 0.25) is 0 Å². The lowest BCUT2D eigenvalue weighted by Gasteiger charge is -2.16. The van der Waals surface area contributed by atoms with Crippen molar-refractivity contribution < 1.29 is 0 Å². The van der Waals surface area contributed by atoms with Crippen LogP contribution in [-0.4, -0.2) is 30.0 Å². The van der Waals surface area contributed by atoms with Crippen molar-refractivity contribution in [1.29, 1.82) is 0 Å². The Morgan fingerprint density at radius 1 is 1.50 bits per heavy atom. The van der Waals surface area contributed by atoms with Crippen LogP contribution in [0.2, 0.25) is 0 Å². The average molecular weight is 217 g/mol. The summed E-state index contributed by atoms with van der Waals surface area (Å²) in [5.74, 6) is 2.66. The van der Waals surface area contributed by atoms with Gasteiger partial charge in [0.05, 0.1) is 12.2 Å². The maximum Gasteiger partial charge on any atom is 0.0602 e. The Morgan fingerprint density at radius 3 is 2.81 bits per heavy atom. The third kappa shape index (κ3) is 4.01. The van der Waals surface area contributed by atoms with Crippen molar-refractivity contribution in [3.8, 4) is 12.3 Å². The van der Waals surface area contributed by atoms with Gasteiger partial charge in [-0.2, -0.15) is 0 Å². The summed E-state index contributed by atoms with van der Waals surface area (Å²) in [6, 6.07) is 4.16. The Morgan fingerprint density at radius 2 is 2.31 bits per heavy atom. The Bertz CT molecular complexity index is 337. The summed E-state index contributed by atoms with van der Waals surface area (Å²) in [5.41, 5.74) is 2.27. The van der Waals surface area contributed by atoms with Crippen molar-refractivity contribution in [2.75, 3.05) is 20.1 Å². The van der Waals surface area contributed by atoms with Gasteiger partial charge in [-0.3, -0.25) is 9.88 Å². The first-order valence-corrected chi connectivity index (χ1v) is 5.54. The molecule has 0 saturated heterocycles. The van der Waals surface area contributed by atoms with Crippen molar-refractivity contribution in [2.24, 2.45) is 0 Å². The van der Waals surface area contributed by atoms with Gasteiger partial charge in [-0.05, 0) is 25.2 Å². The van der Waals surface area contributed by atoms with Crippen molar-refractivity contribution in [3.63, 3.8) is 0 Å².